The van der Waals surface area contributed by atoms with Gasteiger partial charge >= 0.3 is 0 Å². The standard InChI is InChI=1S/C15H12N2O3/c18-8-10-3-1-2-9-4-6-12(16-14(9)10)11-5-7-13(19)17-15(11)20/h1-4,6,8,11H,5,7H2,(H,17,19,20). The summed E-state index contributed by atoms with van der Waals surface area (Å²) in [5, 5.41) is 3.17. The second kappa shape index (κ2) is 4.85. The number of hydrogen-bond donors (Lipinski definition) is 1. The summed E-state index contributed by atoms with van der Waals surface area (Å²) in [6.45, 7) is 0. The summed E-state index contributed by atoms with van der Waals surface area (Å²) >= 11 is 0. The van der Waals surface area contributed by atoms with E-state index in [0.717, 1.165) is 11.7 Å². The van der Waals surface area contributed by atoms with Crippen LogP contribution in [0.3, 0.4) is 0 Å². The molecule has 0 aliphatic carbocycles. The van der Waals surface area contributed by atoms with Gasteiger partial charge in [0.1, 0.15) is 0 Å². The van der Waals surface area contributed by atoms with Gasteiger partial charge in [0.05, 0.1) is 17.1 Å². The zero-order valence-corrected chi connectivity index (χ0v) is 10.6. The summed E-state index contributed by atoms with van der Waals surface area (Å²) in [6, 6.07) is 8.96. The van der Waals surface area contributed by atoms with Gasteiger partial charge in [0.25, 0.3) is 0 Å². The lowest BCUT2D eigenvalue weighted by molar-refractivity contribution is -0.134. The van der Waals surface area contributed by atoms with Crippen molar-refractivity contribution in [2.45, 2.75) is 18.8 Å². The van der Waals surface area contributed by atoms with Gasteiger partial charge in [0.15, 0.2) is 6.29 Å². The van der Waals surface area contributed by atoms with Gasteiger partial charge < -0.3 is 0 Å². The number of pyridine rings is 1. The molecule has 1 aliphatic rings. The van der Waals surface area contributed by atoms with Gasteiger partial charge in [0.2, 0.25) is 11.8 Å². The largest absolute Gasteiger partial charge is 0.298 e. The van der Waals surface area contributed by atoms with Crippen molar-refractivity contribution in [1.29, 1.82) is 0 Å². The average molecular weight is 268 g/mol. The van der Waals surface area contributed by atoms with Crippen molar-refractivity contribution in [3.05, 3.63) is 41.6 Å². The highest BCUT2D eigenvalue weighted by atomic mass is 16.2. The van der Waals surface area contributed by atoms with Crippen LogP contribution in [0.1, 0.15) is 34.8 Å². The molecule has 0 bridgehead atoms. The summed E-state index contributed by atoms with van der Waals surface area (Å²) in [4.78, 5) is 38.5. The van der Waals surface area contributed by atoms with Gasteiger partial charge in [-0.15, -0.1) is 0 Å². The Hall–Kier alpha value is -2.56. The Balaban J connectivity index is 2.06. The van der Waals surface area contributed by atoms with E-state index in [1.165, 1.54) is 0 Å². The number of imide groups is 1. The highest BCUT2D eigenvalue weighted by Crippen LogP contribution is 2.25. The Morgan fingerprint density at radius 1 is 1.20 bits per heavy atom. The fraction of sp³-hybridized carbons (Fsp3) is 0.200. The van der Waals surface area contributed by atoms with Crippen molar-refractivity contribution in [2.75, 3.05) is 0 Å². The first kappa shape index (κ1) is 12.5. The first-order valence-corrected chi connectivity index (χ1v) is 6.37. The molecule has 1 N–H and O–H groups in total. The van der Waals surface area contributed by atoms with E-state index in [4.69, 9.17) is 0 Å². The molecular formula is C15H12N2O3. The number of para-hydroxylation sites is 1. The second-order valence-electron chi connectivity index (χ2n) is 4.78. The lowest BCUT2D eigenvalue weighted by atomic mass is 9.93. The van der Waals surface area contributed by atoms with E-state index in [1.807, 2.05) is 12.1 Å². The summed E-state index contributed by atoms with van der Waals surface area (Å²) in [5.74, 6) is -1.01. The van der Waals surface area contributed by atoms with Crippen LogP contribution < -0.4 is 5.32 Å². The number of aromatic nitrogens is 1. The fourth-order valence-corrected chi connectivity index (χ4v) is 2.45. The molecule has 1 aromatic heterocycles. The number of aldehydes is 1. The number of rotatable bonds is 2. The molecule has 3 rings (SSSR count). The normalized spacial score (nSPS) is 18.9. The highest BCUT2D eigenvalue weighted by Gasteiger charge is 2.29. The predicted octanol–water partition coefficient (Wildman–Crippen LogP) is 1.57. The maximum Gasteiger partial charge on any atom is 0.235 e. The minimum Gasteiger partial charge on any atom is -0.298 e. The fourth-order valence-electron chi connectivity index (χ4n) is 2.45. The van der Waals surface area contributed by atoms with E-state index in [1.54, 1.807) is 18.2 Å². The molecule has 1 unspecified atom stereocenters. The van der Waals surface area contributed by atoms with E-state index in [0.29, 0.717) is 29.6 Å². The predicted molar refractivity (Wildman–Crippen MR) is 72.3 cm³/mol. The van der Waals surface area contributed by atoms with E-state index >= 15 is 0 Å². The lowest BCUT2D eigenvalue weighted by Gasteiger charge is -2.20. The van der Waals surface area contributed by atoms with E-state index in [-0.39, 0.29) is 11.8 Å². The summed E-state index contributed by atoms with van der Waals surface area (Å²) < 4.78 is 0. The Kier molecular flexibility index (Phi) is 3.02. The molecule has 2 amide bonds. The number of amides is 2. The van der Waals surface area contributed by atoms with E-state index in [2.05, 4.69) is 10.3 Å². The third-order valence-corrected chi connectivity index (χ3v) is 3.50. The van der Waals surface area contributed by atoms with Crippen LogP contribution in [0.5, 0.6) is 0 Å². The van der Waals surface area contributed by atoms with Gasteiger partial charge in [0, 0.05) is 17.4 Å². The van der Waals surface area contributed by atoms with Crippen LogP contribution in [0.25, 0.3) is 10.9 Å². The van der Waals surface area contributed by atoms with Crippen LogP contribution in [0, 0.1) is 0 Å². The van der Waals surface area contributed by atoms with E-state index in [9.17, 15) is 14.4 Å². The molecule has 0 radical (unpaired) electrons. The summed E-state index contributed by atoms with van der Waals surface area (Å²) in [6.07, 6.45) is 1.52. The molecule has 2 heterocycles. The van der Waals surface area contributed by atoms with Crippen LogP contribution in [0.15, 0.2) is 30.3 Å². The quantitative estimate of drug-likeness (QED) is 0.662. The third kappa shape index (κ3) is 2.07. The molecule has 1 aliphatic heterocycles. The van der Waals surface area contributed by atoms with Gasteiger partial charge in [-0.25, -0.2) is 0 Å². The topological polar surface area (TPSA) is 76.1 Å². The average Bonchev–Trinajstić information content (AvgIpc) is 2.46. The smallest absolute Gasteiger partial charge is 0.235 e. The Labute approximate surface area is 115 Å². The lowest BCUT2D eigenvalue weighted by Crippen LogP contribution is -2.39. The number of nitrogens with zero attached hydrogens (tertiary/aromatic N) is 1. The maximum atomic E-state index is 11.9. The van der Waals surface area contributed by atoms with Crippen molar-refractivity contribution >= 4 is 29.0 Å². The van der Waals surface area contributed by atoms with Crippen LogP contribution >= 0.6 is 0 Å². The monoisotopic (exact) mass is 268 g/mol. The molecule has 1 saturated heterocycles. The number of benzene rings is 1. The summed E-state index contributed by atoms with van der Waals surface area (Å²) in [7, 11) is 0. The summed E-state index contributed by atoms with van der Waals surface area (Å²) in [5.41, 5.74) is 1.68. The first-order valence-electron chi connectivity index (χ1n) is 6.37. The molecule has 0 saturated carbocycles. The molecule has 1 fully saturated rings. The van der Waals surface area contributed by atoms with Crippen molar-refractivity contribution in [3.8, 4) is 0 Å². The SMILES string of the molecule is O=Cc1cccc2ccc(C3CCC(=O)NC3=O)nc12. The van der Waals surface area contributed by atoms with Crippen molar-refractivity contribution in [1.82, 2.24) is 10.3 Å². The third-order valence-electron chi connectivity index (χ3n) is 3.50. The number of carbonyl (C=O) groups excluding carboxylic acids is 3. The number of carbonyl (C=O) groups is 3. The minimum atomic E-state index is -0.434. The van der Waals surface area contributed by atoms with Crippen molar-refractivity contribution < 1.29 is 14.4 Å². The molecule has 1 atom stereocenters. The molecule has 0 spiro atoms. The van der Waals surface area contributed by atoms with Crippen LogP contribution in [-0.2, 0) is 9.59 Å². The first-order chi connectivity index (χ1) is 9.69. The van der Waals surface area contributed by atoms with Crippen LogP contribution in [-0.4, -0.2) is 23.1 Å². The molecule has 5 heteroatoms. The highest BCUT2D eigenvalue weighted by molar-refractivity contribution is 6.01. The zero-order chi connectivity index (χ0) is 14.1. The molecular weight excluding hydrogens is 256 g/mol. The Bertz CT molecular complexity index is 724. The molecule has 5 nitrogen and oxygen atoms in total. The Morgan fingerprint density at radius 3 is 2.80 bits per heavy atom. The molecule has 1 aromatic carbocycles. The molecule has 2 aromatic rings. The van der Waals surface area contributed by atoms with Gasteiger partial charge in [-0.3, -0.25) is 24.7 Å². The zero-order valence-electron chi connectivity index (χ0n) is 10.6. The number of piperidine rings is 1. The second-order valence-corrected chi connectivity index (χ2v) is 4.78. The maximum absolute atomic E-state index is 11.9. The van der Waals surface area contributed by atoms with Gasteiger partial charge in [-0.1, -0.05) is 18.2 Å². The number of fused-ring (bicyclic) bond motifs is 1. The van der Waals surface area contributed by atoms with Gasteiger partial charge in [-0.2, -0.15) is 0 Å². The Morgan fingerprint density at radius 2 is 2.05 bits per heavy atom. The van der Waals surface area contributed by atoms with Crippen molar-refractivity contribution in [2.24, 2.45) is 0 Å². The van der Waals surface area contributed by atoms with Gasteiger partial charge in [-0.05, 0) is 18.6 Å². The number of nitrogens with one attached hydrogen (secondary N) is 1. The number of hydrogen-bond acceptors (Lipinski definition) is 4. The van der Waals surface area contributed by atoms with Crippen molar-refractivity contribution in [3.63, 3.8) is 0 Å². The molecule has 100 valence electrons. The van der Waals surface area contributed by atoms with Crippen LogP contribution in [0.4, 0.5) is 0 Å². The molecule has 20 heavy (non-hydrogen) atoms. The van der Waals surface area contributed by atoms with Crippen LogP contribution in [0.2, 0.25) is 0 Å². The minimum absolute atomic E-state index is 0.249. The van der Waals surface area contributed by atoms with E-state index < -0.39 is 5.92 Å².